The van der Waals surface area contributed by atoms with Crippen LogP contribution in [-0.4, -0.2) is 63.1 Å². The molecule has 1 aromatic heterocycles. The summed E-state index contributed by atoms with van der Waals surface area (Å²) in [5.41, 5.74) is 1.06. The Labute approximate surface area is 193 Å². The van der Waals surface area contributed by atoms with Gasteiger partial charge in [0.1, 0.15) is 0 Å². The third-order valence-electron chi connectivity index (χ3n) is 5.62. The zero-order valence-electron chi connectivity index (χ0n) is 18.0. The van der Waals surface area contributed by atoms with E-state index in [1.807, 2.05) is 31.2 Å². The SMILES string of the molecule is CCn1c(SCC(=O)N2CCN(C(=O)c3cccc(C(F)(F)F)c3)CC2)nc2ccccc21. The number of carbonyl (C=O) groups is 2. The number of thioether (sulfide) groups is 1. The second-order valence-electron chi connectivity index (χ2n) is 7.67. The van der Waals surface area contributed by atoms with Crippen LogP contribution in [0.5, 0.6) is 0 Å². The van der Waals surface area contributed by atoms with E-state index < -0.39 is 17.6 Å². The Bertz CT molecular complexity index is 1170. The first kappa shape index (κ1) is 23.2. The first-order valence-electron chi connectivity index (χ1n) is 10.6. The van der Waals surface area contributed by atoms with Crippen LogP contribution in [0.2, 0.25) is 0 Å². The second-order valence-corrected chi connectivity index (χ2v) is 8.61. The van der Waals surface area contributed by atoms with Gasteiger partial charge < -0.3 is 14.4 Å². The number of hydrogen-bond acceptors (Lipinski definition) is 4. The van der Waals surface area contributed by atoms with Crippen LogP contribution >= 0.6 is 11.8 Å². The number of rotatable bonds is 5. The summed E-state index contributed by atoms with van der Waals surface area (Å²) in [5.74, 6) is -0.287. The maximum Gasteiger partial charge on any atom is 0.416 e. The molecule has 6 nitrogen and oxygen atoms in total. The van der Waals surface area contributed by atoms with Gasteiger partial charge in [-0.1, -0.05) is 30.0 Å². The fourth-order valence-corrected chi connectivity index (χ4v) is 4.84. The highest BCUT2D eigenvalue weighted by molar-refractivity contribution is 7.99. The van der Waals surface area contributed by atoms with Gasteiger partial charge in [0.05, 0.1) is 22.3 Å². The Hall–Kier alpha value is -3.01. The van der Waals surface area contributed by atoms with Crippen LogP contribution in [0.25, 0.3) is 11.0 Å². The van der Waals surface area contributed by atoms with Crippen molar-refractivity contribution in [1.82, 2.24) is 19.4 Å². The van der Waals surface area contributed by atoms with Crippen molar-refractivity contribution in [3.8, 4) is 0 Å². The van der Waals surface area contributed by atoms with Crippen molar-refractivity contribution in [2.45, 2.75) is 24.8 Å². The minimum atomic E-state index is -4.50. The van der Waals surface area contributed by atoms with E-state index in [-0.39, 0.29) is 30.3 Å². The van der Waals surface area contributed by atoms with Gasteiger partial charge >= 0.3 is 6.18 Å². The number of benzene rings is 2. The molecular weight excluding hydrogens is 453 g/mol. The summed E-state index contributed by atoms with van der Waals surface area (Å²) in [7, 11) is 0. The van der Waals surface area contributed by atoms with Gasteiger partial charge in [0.2, 0.25) is 5.91 Å². The van der Waals surface area contributed by atoms with E-state index in [1.165, 1.54) is 28.8 Å². The molecule has 0 atom stereocenters. The smallest absolute Gasteiger partial charge is 0.338 e. The van der Waals surface area contributed by atoms with Crippen molar-refractivity contribution in [2.24, 2.45) is 0 Å². The van der Waals surface area contributed by atoms with E-state index in [9.17, 15) is 22.8 Å². The standard InChI is InChI=1S/C23H23F3N4O2S/c1-2-30-19-9-4-3-8-18(19)27-22(30)33-15-20(31)28-10-12-29(13-11-28)21(32)16-6-5-7-17(14-16)23(24,25)26/h3-9,14H,2,10-13,15H2,1H3. The summed E-state index contributed by atoms with van der Waals surface area (Å²) in [6.07, 6.45) is -4.50. The Kier molecular flexibility index (Phi) is 6.64. The van der Waals surface area contributed by atoms with Crippen molar-refractivity contribution in [2.75, 3.05) is 31.9 Å². The average Bonchev–Trinajstić information content (AvgIpc) is 3.19. The summed E-state index contributed by atoms with van der Waals surface area (Å²) in [4.78, 5) is 33.2. The third kappa shape index (κ3) is 5.00. The molecule has 0 unspecified atom stereocenters. The first-order chi connectivity index (χ1) is 15.8. The maximum absolute atomic E-state index is 12.9. The molecule has 4 rings (SSSR count). The van der Waals surface area contributed by atoms with Crippen LogP contribution in [0.15, 0.2) is 53.7 Å². The number of halogens is 3. The lowest BCUT2D eigenvalue weighted by atomic mass is 10.1. The molecule has 1 saturated heterocycles. The number of nitrogens with zero attached hydrogens (tertiary/aromatic N) is 4. The largest absolute Gasteiger partial charge is 0.416 e. The van der Waals surface area contributed by atoms with Crippen molar-refractivity contribution < 1.29 is 22.8 Å². The van der Waals surface area contributed by atoms with Crippen molar-refractivity contribution in [3.63, 3.8) is 0 Å². The summed E-state index contributed by atoms with van der Waals surface area (Å²) in [5, 5.41) is 0.783. The number of alkyl halides is 3. The lowest BCUT2D eigenvalue weighted by Gasteiger charge is -2.34. The third-order valence-corrected chi connectivity index (χ3v) is 6.58. The Morgan fingerprint density at radius 3 is 2.39 bits per heavy atom. The van der Waals surface area contributed by atoms with Crippen LogP contribution in [-0.2, 0) is 17.5 Å². The van der Waals surface area contributed by atoms with E-state index in [0.717, 1.165) is 34.9 Å². The number of para-hydroxylation sites is 2. The van der Waals surface area contributed by atoms with E-state index in [1.54, 1.807) is 4.90 Å². The topological polar surface area (TPSA) is 58.4 Å². The number of aromatic nitrogens is 2. The van der Waals surface area contributed by atoms with Gasteiger partial charge in [-0.05, 0) is 37.3 Å². The Balaban J connectivity index is 1.34. The highest BCUT2D eigenvalue weighted by atomic mass is 32.2. The van der Waals surface area contributed by atoms with Crippen molar-refractivity contribution in [1.29, 1.82) is 0 Å². The molecule has 33 heavy (non-hydrogen) atoms. The number of imidazole rings is 1. The first-order valence-corrected chi connectivity index (χ1v) is 11.6. The summed E-state index contributed by atoms with van der Waals surface area (Å²) in [6, 6.07) is 12.2. The molecule has 1 aliphatic heterocycles. The predicted molar refractivity (Wildman–Crippen MR) is 120 cm³/mol. The Morgan fingerprint density at radius 1 is 1.00 bits per heavy atom. The van der Waals surface area contributed by atoms with Crippen LogP contribution in [0.4, 0.5) is 13.2 Å². The zero-order chi connectivity index (χ0) is 23.6. The fraction of sp³-hybridized carbons (Fsp3) is 0.348. The molecule has 10 heteroatoms. The lowest BCUT2D eigenvalue weighted by Crippen LogP contribution is -2.51. The molecule has 0 N–H and O–H groups in total. The normalized spacial score (nSPS) is 14.7. The minimum absolute atomic E-state index is 0.00127. The summed E-state index contributed by atoms with van der Waals surface area (Å²) >= 11 is 1.38. The highest BCUT2D eigenvalue weighted by Gasteiger charge is 2.32. The summed E-state index contributed by atoms with van der Waals surface area (Å²) < 4.78 is 40.9. The number of aryl methyl sites for hydroxylation is 1. The molecular formula is C23H23F3N4O2S. The molecule has 0 radical (unpaired) electrons. The molecule has 1 fully saturated rings. The minimum Gasteiger partial charge on any atom is -0.338 e. The zero-order valence-corrected chi connectivity index (χ0v) is 18.8. The quantitative estimate of drug-likeness (QED) is 0.519. The molecule has 0 bridgehead atoms. The van der Waals surface area contributed by atoms with Crippen molar-refractivity contribution >= 4 is 34.6 Å². The number of hydrogen-bond donors (Lipinski definition) is 0. The molecule has 2 heterocycles. The second kappa shape index (κ2) is 9.46. The number of fused-ring (bicyclic) bond motifs is 1. The van der Waals surface area contributed by atoms with E-state index in [2.05, 4.69) is 9.55 Å². The van der Waals surface area contributed by atoms with E-state index >= 15 is 0 Å². The van der Waals surface area contributed by atoms with Gasteiger partial charge in [0.15, 0.2) is 5.16 Å². The van der Waals surface area contributed by atoms with Gasteiger partial charge in [0.25, 0.3) is 5.91 Å². The van der Waals surface area contributed by atoms with Crippen LogP contribution in [0, 0.1) is 0 Å². The van der Waals surface area contributed by atoms with Gasteiger partial charge in [-0.3, -0.25) is 9.59 Å². The molecule has 2 amide bonds. The summed E-state index contributed by atoms with van der Waals surface area (Å²) in [6.45, 7) is 4.01. The molecule has 1 aliphatic rings. The molecule has 0 saturated carbocycles. The van der Waals surface area contributed by atoms with Gasteiger partial charge in [-0.25, -0.2) is 4.98 Å². The number of carbonyl (C=O) groups excluding carboxylic acids is 2. The van der Waals surface area contributed by atoms with E-state index in [4.69, 9.17) is 0 Å². The maximum atomic E-state index is 12.9. The fourth-order valence-electron chi connectivity index (χ4n) is 3.86. The monoisotopic (exact) mass is 476 g/mol. The van der Waals surface area contributed by atoms with Gasteiger partial charge in [-0.2, -0.15) is 13.2 Å². The molecule has 174 valence electrons. The van der Waals surface area contributed by atoms with E-state index in [0.29, 0.717) is 13.1 Å². The highest BCUT2D eigenvalue weighted by Crippen LogP contribution is 2.30. The van der Waals surface area contributed by atoms with Crippen LogP contribution in [0.3, 0.4) is 0 Å². The van der Waals surface area contributed by atoms with Crippen molar-refractivity contribution in [3.05, 3.63) is 59.7 Å². The molecule has 0 spiro atoms. The molecule has 2 aromatic carbocycles. The average molecular weight is 477 g/mol. The lowest BCUT2D eigenvalue weighted by molar-refractivity contribution is -0.137. The van der Waals surface area contributed by atoms with Gasteiger partial charge in [-0.15, -0.1) is 0 Å². The number of piperazine rings is 1. The number of amides is 2. The van der Waals surface area contributed by atoms with Crippen LogP contribution < -0.4 is 0 Å². The Morgan fingerprint density at radius 2 is 1.70 bits per heavy atom. The van der Waals surface area contributed by atoms with Gasteiger partial charge in [0, 0.05) is 38.3 Å². The predicted octanol–water partition coefficient (Wildman–Crippen LogP) is 4.15. The van der Waals surface area contributed by atoms with Crippen LogP contribution in [0.1, 0.15) is 22.8 Å². The molecule has 3 aromatic rings. The molecule has 0 aliphatic carbocycles.